The van der Waals surface area contributed by atoms with Crippen molar-refractivity contribution >= 4 is 17.5 Å². The molecule has 0 bridgehead atoms. The largest absolute Gasteiger partial charge is 0.383 e. The maximum absolute atomic E-state index is 12.0. The van der Waals surface area contributed by atoms with Gasteiger partial charge >= 0.3 is 0 Å². The van der Waals surface area contributed by atoms with Crippen molar-refractivity contribution in [3.05, 3.63) is 11.9 Å². The average Bonchev–Trinajstić information content (AvgIpc) is 2.46. The minimum absolute atomic E-state index is 0.0407. The molecule has 1 aliphatic rings. The Kier molecular flexibility index (Phi) is 4.19. The lowest BCUT2D eigenvalue weighted by Crippen LogP contribution is -2.49. The summed E-state index contributed by atoms with van der Waals surface area (Å²) in [5.74, 6) is 1.36. The van der Waals surface area contributed by atoms with Crippen LogP contribution in [-0.2, 0) is 11.2 Å². The van der Waals surface area contributed by atoms with E-state index in [1.807, 2.05) is 6.92 Å². The Morgan fingerprint density at radius 3 is 3.00 bits per heavy atom. The Morgan fingerprint density at radius 2 is 2.32 bits per heavy atom. The highest BCUT2D eigenvalue weighted by Crippen LogP contribution is 2.28. The van der Waals surface area contributed by atoms with E-state index in [0.717, 1.165) is 43.6 Å². The van der Waals surface area contributed by atoms with Gasteiger partial charge in [-0.1, -0.05) is 6.92 Å². The zero-order valence-corrected chi connectivity index (χ0v) is 11.5. The van der Waals surface area contributed by atoms with Gasteiger partial charge in [-0.3, -0.25) is 4.79 Å². The van der Waals surface area contributed by atoms with E-state index in [1.165, 1.54) is 6.33 Å². The smallest absolute Gasteiger partial charge is 0.242 e. The fourth-order valence-corrected chi connectivity index (χ4v) is 2.63. The minimum Gasteiger partial charge on any atom is -0.383 e. The maximum atomic E-state index is 12.0. The van der Waals surface area contributed by atoms with Crippen molar-refractivity contribution in [2.45, 2.75) is 38.6 Å². The number of carbonyl (C=O) groups is 1. The highest BCUT2D eigenvalue weighted by atomic mass is 16.2. The molecule has 1 fully saturated rings. The van der Waals surface area contributed by atoms with E-state index in [0.29, 0.717) is 5.82 Å². The van der Waals surface area contributed by atoms with Crippen molar-refractivity contribution in [1.29, 1.82) is 0 Å². The predicted molar refractivity (Wildman–Crippen MR) is 74.9 cm³/mol. The van der Waals surface area contributed by atoms with E-state index < -0.39 is 0 Å². The first kappa shape index (κ1) is 13.6. The first-order valence-corrected chi connectivity index (χ1v) is 6.76. The molecule has 0 aromatic carbocycles. The lowest BCUT2D eigenvalue weighted by atomic mass is 10.0. The molecule has 0 aliphatic carbocycles. The molecule has 1 aliphatic heterocycles. The first-order valence-electron chi connectivity index (χ1n) is 6.76. The second kappa shape index (κ2) is 5.86. The number of aromatic nitrogens is 2. The SMILES string of the molecule is CCc1c(N)ncnc1N1CCCCC1C(=O)NC. The van der Waals surface area contributed by atoms with Crippen LogP contribution in [0.2, 0.25) is 0 Å². The van der Waals surface area contributed by atoms with Gasteiger partial charge in [-0.15, -0.1) is 0 Å². The summed E-state index contributed by atoms with van der Waals surface area (Å²) >= 11 is 0. The Morgan fingerprint density at radius 1 is 1.53 bits per heavy atom. The number of nitrogen functional groups attached to an aromatic ring is 1. The van der Waals surface area contributed by atoms with Crippen molar-refractivity contribution in [3.63, 3.8) is 0 Å². The van der Waals surface area contributed by atoms with E-state index in [4.69, 9.17) is 5.73 Å². The van der Waals surface area contributed by atoms with Crippen LogP contribution in [0, 0.1) is 0 Å². The van der Waals surface area contributed by atoms with E-state index in [9.17, 15) is 4.79 Å². The zero-order valence-electron chi connectivity index (χ0n) is 11.5. The summed E-state index contributed by atoms with van der Waals surface area (Å²) in [6, 6.07) is -0.154. The second-order valence-corrected chi connectivity index (χ2v) is 4.73. The summed E-state index contributed by atoms with van der Waals surface area (Å²) in [6.45, 7) is 2.86. The van der Waals surface area contributed by atoms with E-state index in [2.05, 4.69) is 20.2 Å². The number of anilines is 2. The van der Waals surface area contributed by atoms with Crippen LogP contribution in [0.3, 0.4) is 0 Å². The van der Waals surface area contributed by atoms with Gasteiger partial charge in [0.05, 0.1) is 0 Å². The van der Waals surface area contributed by atoms with Crippen molar-refractivity contribution in [3.8, 4) is 0 Å². The highest BCUT2D eigenvalue weighted by Gasteiger charge is 2.30. The number of hydrogen-bond acceptors (Lipinski definition) is 5. The summed E-state index contributed by atoms with van der Waals surface area (Å²) in [6.07, 6.45) is 5.22. The molecule has 6 heteroatoms. The normalized spacial score (nSPS) is 19.3. The third-order valence-electron chi connectivity index (χ3n) is 3.63. The number of piperidine rings is 1. The first-order chi connectivity index (χ1) is 9.19. The molecule has 1 amide bonds. The van der Waals surface area contributed by atoms with Gasteiger partial charge in [0, 0.05) is 19.2 Å². The summed E-state index contributed by atoms with van der Waals surface area (Å²) < 4.78 is 0. The summed E-state index contributed by atoms with van der Waals surface area (Å²) in [4.78, 5) is 22.5. The zero-order chi connectivity index (χ0) is 13.8. The van der Waals surface area contributed by atoms with Crippen LogP contribution in [0.25, 0.3) is 0 Å². The molecule has 1 aromatic heterocycles. The van der Waals surface area contributed by atoms with Crippen LogP contribution in [-0.4, -0.2) is 35.5 Å². The number of hydrogen-bond donors (Lipinski definition) is 2. The Hall–Kier alpha value is -1.85. The third kappa shape index (κ3) is 2.62. The molecule has 1 saturated heterocycles. The fourth-order valence-electron chi connectivity index (χ4n) is 2.63. The molecule has 0 radical (unpaired) electrons. The number of carbonyl (C=O) groups excluding carboxylic acids is 1. The predicted octanol–water partition coefficient (Wildman–Crippen LogP) is 0.726. The molecular formula is C13H21N5O. The van der Waals surface area contributed by atoms with Gasteiger partial charge in [0.25, 0.3) is 0 Å². The number of nitrogens with one attached hydrogen (secondary N) is 1. The van der Waals surface area contributed by atoms with Crippen molar-refractivity contribution in [2.75, 3.05) is 24.2 Å². The molecule has 3 N–H and O–H groups in total. The lowest BCUT2D eigenvalue weighted by Gasteiger charge is -2.36. The quantitative estimate of drug-likeness (QED) is 0.839. The topological polar surface area (TPSA) is 84.1 Å². The summed E-state index contributed by atoms with van der Waals surface area (Å²) in [7, 11) is 1.67. The van der Waals surface area contributed by atoms with E-state index in [-0.39, 0.29) is 11.9 Å². The lowest BCUT2D eigenvalue weighted by molar-refractivity contribution is -0.122. The number of amides is 1. The molecule has 0 spiro atoms. The van der Waals surface area contributed by atoms with Gasteiger partial charge in [-0.05, 0) is 25.7 Å². The minimum atomic E-state index is -0.154. The van der Waals surface area contributed by atoms with Gasteiger partial charge in [-0.25, -0.2) is 9.97 Å². The van der Waals surface area contributed by atoms with E-state index in [1.54, 1.807) is 7.05 Å². The van der Waals surface area contributed by atoms with Crippen LogP contribution in [0.4, 0.5) is 11.6 Å². The van der Waals surface area contributed by atoms with Crippen LogP contribution >= 0.6 is 0 Å². The Balaban J connectivity index is 2.37. The van der Waals surface area contributed by atoms with Gasteiger partial charge in [-0.2, -0.15) is 0 Å². The van der Waals surface area contributed by atoms with Crippen molar-refractivity contribution < 1.29 is 4.79 Å². The maximum Gasteiger partial charge on any atom is 0.242 e. The summed E-state index contributed by atoms with van der Waals surface area (Å²) in [5, 5.41) is 2.73. The Bertz CT molecular complexity index is 462. The molecule has 6 nitrogen and oxygen atoms in total. The number of nitrogens with two attached hydrogens (primary N) is 1. The molecule has 1 unspecified atom stereocenters. The molecule has 2 rings (SSSR count). The van der Waals surface area contributed by atoms with Crippen LogP contribution in [0.5, 0.6) is 0 Å². The monoisotopic (exact) mass is 263 g/mol. The third-order valence-corrected chi connectivity index (χ3v) is 3.63. The molecule has 1 aromatic rings. The van der Waals surface area contributed by atoms with Crippen LogP contribution in [0.15, 0.2) is 6.33 Å². The van der Waals surface area contributed by atoms with Crippen LogP contribution in [0.1, 0.15) is 31.7 Å². The Labute approximate surface area is 113 Å². The molecule has 1 atom stereocenters. The van der Waals surface area contributed by atoms with Gasteiger partial charge in [0.15, 0.2) is 0 Å². The number of likely N-dealkylation sites (N-methyl/N-ethyl adjacent to an activating group) is 1. The molecule has 104 valence electrons. The molecule has 2 heterocycles. The fraction of sp³-hybridized carbons (Fsp3) is 0.615. The second-order valence-electron chi connectivity index (χ2n) is 4.73. The highest BCUT2D eigenvalue weighted by molar-refractivity contribution is 5.85. The standard InChI is InChI=1S/C13H21N5O/c1-3-9-11(14)16-8-17-12(9)18-7-5-4-6-10(18)13(19)15-2/h8,10H,3-7H2,1-2H3,(H,15,19)(H2,14,16,17). The number of rotatable bonds is 3. The molecule has 19 heavy (non-hydrogen) atoms. The number of nitrogens with zero attached hydrogens (tertiary/aromatic N) is 3. The van der Waals surface area contributed by atoms with E-state index >= 15 is 0 Å². The molecule has 0 saturated carbocycles. The molecular weight excluding hydrogens is 242 g/mol. The van der Waals surface area contributed by atoms with Gasteiger partial charge in [0.2, 0.25) is 5.91 Å². The van der Waals surface area contributed by atoms with Gasteiger partial charge < -0.3 is 16.0 Å². The van der Waals surface area contributed by atoms with Crippen molar-refractivity contribution in [1.82, 2.24) is 15.3 Å². The van der Waals surface area contributed by atoms with Gasteiger partial charge in [0.1, 0.15) is 24.0 Å². The van der Waals surface area contributed by atoms with Crippen LogP contribution < -0.4 is 16.0 Å². The van der Waals surface area contributed by atoms with Crippen molar-refractivity contribution in [2.24, 2.45) is 0 Å². The average molecular weight is 263 g/mol. The summed E-state index contributed by atoms with van der Waals surface area (Å²) in [5.41, 5.74) is 6.84.